The number of hydrogen-bond donors (Lipinski definition) is 5. The topological polar surface area (TPSA) is 132 Å². The molecule has 0 unspecified atom stereocenters. The van der Waals surface area contributed by atoms with Crippen molar-refractivity contribution in [2.75, 3.05) is 20.7 Å². The molecule has 0 spiro atoms. The van der Waals surface area contributed by atoms with E-state index >= 15 is 0 Å². The van der Waals surface area contributed by atoms with Crippen LogP contribution in [0.25, 0.3) is 11.1 Å². The fraction of sp³-hybridized carbons (Fsp3) is 0.382. The van der Waals surface area contributed by atoms with Crippen molar-refractivity contribution in [3.63, 3.8) is 0 Å². The van der Waals surface area contributed by atoms with E-state index in [1.807, 2.05) is 80.6 Å². The second kappa shape index (κ2) is 15.3. The Morgan fingerprint density at radius 1 is 1.11 bits per heavy atom. The first kappa shape index (κ1) is 33.8. The van der Waals surface area contributed by atoms with E-state index in [0.717, 1.165) is 32.7 Å². The molecule has 1 aliphatic heterocycles. The van der Waals surface area contributed by atoms with Gasteiger partial charge in [0.2, 0.25) is 5.91 Å². The summed E-state index contributed by atoms with van der Waals surface area (Å²) in [6.07, 6.45) is -0.405. The SMILES string of the molecule is CNC(=O)NCc1ccccc1-c1ccc(CN2Cc3ccc(OC)cc3S[C@@H](NC(=O)CC(C)(C)NC[C@@H](C)O)C2=O)cc1. The van der Waals surface area contributed by atoms with E-state index in [1.165, 1.54) is 11.8 Å². The largest absolute Gasteiger partial charge is 0.497 e. The molecular formula is C34H43N5O5S. The Hall–Kier alpha value is -4.06. The number of fused-ring (bicyclic) bond motifs is 1. The summed E-state index contributed by atoms with van der Waals surface area (Å²) in [6.45, 7) is 6.96. The first-order valence-electron chi connectivity index (χ1n) is 15.0. The van der Waals surface area contributed by atoms with Crippen molar-refractivity contribution < 1.29 is 24.2 Å². The molecule has 0 radical (unpaired) electrons. The smallest absolute Gasteiger partial charge is 0.314 e. The molecule has 2 atom stereocenters. The van der Waals surface area contributed by atoms with Gasteiger partial charge >= 0.3 is 6.03 Å². The van der Waals surface area contributed by atoms with Crippen LogP contribution in [0.3, 0.4) is 0 Å². The molecular weight excluding hydrogens is 590 g/mol. The zero-order chi connectivity index (χ0) is 32.6. The van der Waals surface area contributed by atoms with Crippen molar-refractivity contribution in [3.05, 3.63) is 83.4 Å². The van der Waals surface area contributed by atoms with Gasteiger partial charge < -0.3 is 36.0 Å². The van der Waals surface area contributed by atoms with Gasteiger partial charge in [0.1, 0.15) is 5.75 Å². The fourth-order valence-corrected chi connectivity index (χ4v) is 6.23. The highest BCUT2D eigenvalue weighted by Gasteiger charge is 2.33. The highest BCUT2D eigenvalue weighted by Crippen LogP contribution is 2.35. The van der Waals surface area contributed by atoms with Gasteiger partial charge in [-0.1, -0.05) is 66.4 Å². The second-order valence-electron chi connectivity index (χ2n) is 11.8. The zero-order valence-electron chi connectivity index (χ0n) is 26.5. The number of urea groups is 1. The van der Waals surface area contributed by atoms with Crippen molar-refractivity contribution in [2.45, 2.75) is 68.7 Å². The van der Waals surface area contributed by atoms with Crippen LogP contribution in [0, 0.1) is 0 Å². The number of β-amino-alcohol motifs (C(OH)–C–C–N with tert-alkyl or cyclic N) is 1. The van der Waals surface area contributed by atoms with Crippen LogP contribution in [0.15, 0.2) is 71.6 Å². The quantitative estimate of drug-likeness (QED) is 0.204. The monoisotopic (exact) mass is 633 g/mol. The molecule has 0 fully saturated rings. The average Bonchev–Trinajstić information content (AvgIpc) is 3.14. The number of methoxy groups -OCH3 is 1. The van der Waals surface area contributed by atoms with E-state index in [0.29, 0.717) is 31.9 Å². The minimum atomic E-state index is -0.822. The third-order valence-corrected chi connectivity index (χ3v) is 8.70. The summed E-state index contributed by atoms with van der Waals surface area (Å²) in [6, 6.07) is 21.4. The van der Waals surface area contributed by atoms with Gasteiger partial charge in [-0.2, -0.15) is 0 Å². The Morgan fingerprint density at radius 2 is 1.84 bits per heavy atom. The molecule has 0 bridgehead atoms. The van der Waals surface area contributed by atoms with Crippen molar-refractivity contribution in [1.29, 1.82) is 0 Å². The van der Waals surface area contributed by atoms with Gasteiger partial charge in [0.25, 0.3) is 5.91 Å². The Morgan fingerprint density at radius 3 is 2.53 bits per heavy atom. The van der Waals surface area contributed by atoms with Gasteiger partial charge in [-0.3, -0.25) is 9.59 Å². The minimum Gasteiger partial charge on any atom is -0.497 e. The zero-order valence-corrected chi connectivity index (χ0v) is 27.3. The molecule has 0 aromatic heterocycles. The van der Waals surface area contributed by atoms with Crippen LogP contribution in [0.2, 0.25) is 0 Å². The van der Waals surface area contributed by atoms with E-state index in [-0.39, 0.29) is 24.3 Å². The molecule has 1 heterocycles. The molecule has 10 nitrogen and oxygen atoms in total. The number of ether oxygens (including phenoxy) is 1. The Bertz CT molecular complexity index is 1490. The normalized spacial score (nSPS) is 15.5. The summed E-state index contributed by atoms with van der Waals surface area (Å²) in [5.74, 6) is 0.231. The van der Waals surface area contributed by atoms with Crippen LogP contribution in [-0.2, 0) is 29.2 Å². The predicted molar refractivity (Wildman–Crippen MR) is 177 cm³/mol. The summed E-state index contributed by atoms with van der Waals surface area (Å²) >= 11 is 1.31. The summed E-state index contributed by atoms with van der Waals surface area (Å²) < 4.78 is 5.44. The van der Waals surface area contributed by atoms with E-state index in [1.54, 1.807) is 26.0 Å². The lowest BCUT2D eigenvalue weighted by molar-refractivity contribution is -0.135. The molecule has 0 saturated heterocycles. The molecule has 1 aliphatic rings. The first-order chi connectivity index (χ1) is 21.5. The highest BCUT2D eigenvalue weighted by atomic mass is 32.2. The summed E-state index contributed by atoms with van der Waals surface area (Å²) in [5, 5.41) is 20.4. The predicted octanol–water partition coefficient (Wildman–Crippen LogP) is 4.01. The molecule has 240 valence electrons. The van der Waals surface area contributed by atoms with Gasteiger partial charge in [0.15, 0.2) is 5.37 Å². The number of carbonyl (C=O) groups excluding carboxylic acids is 3. The van der Waals surface area contributed by atoms with Crippen LogP contribution < -0.4 is 26.0 Å². The lowest BCUT2D eigenvalue weighted by Gasteiger charge is -2.28. The number of rotatable bonds is 12. The number of nitrogens with one attached hydrogen (secondary N) is 4. The van der Waals surface area contributed by atoms with Crippen LogP contribution in [-0.4, -0.2) is 65.6 Å². The molecule has 4 rings (SSSR count). The summed E-state index contributed by atoms with van der Waals surface area (Å²) in [4.78, 5) is 41.5. The molecule has 3 aromatic rings. The van der Waals surface area contributed by atoms with Crippen LogP contribution >= 0.6 is 11.8 Å². The molecule has 3 aromatic carbocycles. The van der Waals surface area contributed by atoms with E-state index < -0.39 is 17.0 Å². The Labute approximate surface area is 269 Å². The van der Waals surface area contributed by atoms with Gasteiger partial charge in [-0.15, -0.1) is 0 Å². The molecule has 0 aliphatic carbocycles. The Balaban J connectivity index is 1.53. The molecule has 4 amide bonds. The second-order valence-corrected chi connectivity index (χ2v) is 13.0. The third kappa shape index (κ3) is 9.46. The number of benzene rings is 3. The maximum atomic E-state index is 13.9. The summed E-state index contributed by atoms with van der Waals surface area (Å²) in [5.41, 5.74) is 4.35. The maximum Gasteiger partial charge on any atom is 0.314 e. The van der Waals surface area contributed by atoms with E-state index in [2.05, 4.69) is 21.3 Å². The van der Waals surface area contributed by atoms with E-state index in [9.17, 15) is 19.5 Å². The van der Waals surface area contributed by atoms with Crippen molar-refractivity contribution in [2.24, 2.45) is 0 Å². The van der Waals surface area contributed by atoms with Gasteiger partial charge in [-0.25, -0.2) is 4.79 Å². The minimum absolute atomic E-state index is 0.136. The number of aliphatic hydroxyl groups is 1. The van der Waals surface area contributed by atoms with Gasteiger partial charge in [0, 0.05) is 50.1 Å². The molecule has 5 N–H and O–H groups in total. The lowest BCUT2D eigenvalue weighted by atomic mass is 9.98. The maximum absolute atomic E-state index is 13.9. The number of carbonyl (C=O) groups is 3. The van der Waals surface area contributed by atoms with E-state index in [4.69, 9.17) is 4.74 Å². The number of thioether (sulfide) groups is 1. The average molecular weight is 634 g/mol. The number of aliphatic hydroxyl groups excluding tert-OH is 1. The summed E-state index contributed by atoms with van der Waals surface area (Å²) in [7, 11) is 3.18. The highest BCUT2D eigenvalue weighted by molar-refractivity contribution is 8.00. The Kier molecular flexibility index (Phi) is 11.5. The first-order valence-corrected chi connectivity index (χ1v) is 15.8. The molecule has 11 heteroatoms. The van der Waals surface area contributed by atoms with Crippen molar-refractivity contribution >= 4 is 29.6 Å². The number of hydrogen-bond acceptors (Lipinski definition) is 7. The van der Waals surface area contributed by atoms with Gasteiger partial charge in [-0.05, 0) is 60.7 Å². The molecule has 45 heavy (non-hydrogen) atoms. The number of amides is 4. The van der Waals surface area contributed by atoms with Crippen LogP contribution in [0.1, 0.15) is 43.9 Å². The van der Waals surface area contributed by atoms with Crippen LogP contribution in [0.4, 0.5) is 4.79 Å². The van der Waals surface area contributed by atoms with Gasteiger partial charge in [0.05, 0.1) is 13.2 Å². The van der Waals surface area contributed by atoms with Crippen molar-refractivity contribution in [3.8, 4) is 16.9 Å². The van der Waals surface area contributed by atoms with Crippen LogP contribution in [0.5, 0.6) is 5.75 Å². The molecule has 0 saturated carbocycles. The standard InChI is InChI=1S/C34H43N5O5S/c1-22(40)18-37-34(2,3)17-30(41)38-31-32(42)39(21-26-14-15-27(44-5)16-29(26)45-31)20-23-10-12-24(13-11-23)28-9-7-6-8-25(28)19-36-33(43)35-4/h6-16,22,31,37,40H,17-21H2,1-5H3,(H,38,41)(H2,35,36,43)/t22-,31-/m1/s1. The lowest BCUT2D eigenvalue weighted by Crippen LogP contribution is -2.50. The third-order valence-electron chi connectivity index (χ3n) is 7.51. The fourth-order valence-electron chi connectivity index (χ4n) is 5.07. The van der Waals surface area contributed by atoms with Crippen molar-refractivity contribution in [1.82, 2.24) is 26.2 Å². The number of nitrogens with zero attached hydrogens (tertiary/aromatic N) is 1.